The van der Waals surface area contributed by atoms with Gasteiger partial charge in [-0.2, -0.15) is 5.10 Å². The van der Waals surface area contributed by atoms with E-state index in [1.165, 1.54) is 0 Å². The minimum Gasteiger partial charge on any atom is -0.381 e. The second-order valence-electron chi connectivity index (χ2n) is 6.90. The number of hydrogen-bond donors (Lipinski definition) is 0. The average Bonchev–Trinajstić information content (AvgIpc) is 2.93. The highest BCUT2D eigenvalue weighted by atomic mass is 16.5. The summed E-state index contributed by atoms with van der Waals surface area (Å²) in [6.45, 7) is 7.29. The van der Waals surface area contributed by atoms with E-state index in [9.17, 15) is 4.79 Å². The van der Waals surface area contributed by atoms with Crippen molar-refractivity contribution in [1.82, 2.24) is 14.7 Å². The molecule has 0 radical (unpaired) electrons. The maximum atomic E-state index is 13.0. The van der Waals surface area contributed by atoms with Gasteiger partial charge in [0.05, 0.1) is 5.69 Å². The number of benzene rings is 1. The fourth-order valence-corrected chi connectivity index (χ4v) is 3.36. The van der Waals surface area contributed by atoms with Gasteiger partial charge in [0.2, 0.25) is 5.91 Å². The van der Waals surface area contributed by atoms with Gasteiger partial charge in [-0.05, 0) is 44.2 Å². The molecule has 1 aromatic carbocycles. The van der Waals surface area contributed by atoms with Gasteiger partial charge in [0.1, 0.15) is 6.54 Å². The Balaban J connectivity index is 1.71. The quantitative estimate of drug-likeness (QED) is 0.811. The van der Waals surface area contributed by atoms with Gasteiger partial charge in [-0.25, -0.2) is 0 Å². The van der Waals surface area contributed by atoms with E-state index in [0.29, 0.717) is 19.0 Å². The second kappa shape index (κ2) is 8.30. The molecule has 1 fully saturated rings. The maximum absolute atomic E-state index is 13.0. The molecule has 0 spiro atoms. The monoisotopic (exact) mass is 341 g/mol. The summed E-state index contributed by atoms with van der Waals surface area (Å²) >= 11 is 0. The minimum atomic E-state index is 0.126. The number of rotatable bonds is 6. The van der Waals surface area contributed by atoms with E-state index in [1.54, 1.807) is 4.68 Å². The number of hydrogen-bond acceptors (Lipinski definition) is 3. The third-order valence-electron chi connectivity index (χ3n) is 4.78. The Morgan fingerprint density at radius 3 is 2.60 bits per heavy atom. The third kappa shape index (κ3) is 4.92. The number of carbonyl (C=O) groups excluding carboxylic acids is 1. The van der Waals surface area contributed by atoms with Crippen molar-refractivity contribution in [1.29, 1.82) is 0 Å². The van der Waals surface area contributed by atoms with Crippen LogP contribution in [0, 0.1) is 19.8 Å². The molecule has 2 aromatic rings. The highest BCUT2D eigenvalue weighted by Crippen LogP contribution is 2.18. The summed E-state index contributed by atoms with van der Waals surface area (Å²) in [5, 5.41) is 4.44. The van der Waals surface area contributed by atoms with Crippen molar-refractivity contribution >= 4 is 5.91 Å². The zero-order valence-corrected chi connectivity index (χ0v) is 15.1. The van der Waals surface area contributed by atoms with Crippen LogP contribution in [0.4, 0.5) is 0 Å². The molecule has 5 heteroatoms. The van der Waals surface area contributed by atoms with Crippen LogP contribution in [0.3, 0.4) is 0 Å². The Morgan fingerprint density at radius 2 is 1.96 bits per heavy atom. The lowest BCUT2D eigenvalue weighted by Crippen LogP contribution is -2.38. The molecule has 0 bridgehead atoms. The molecule has 1 amide bonds. The average molecular weight is 341 g/mol. The van der Waals surface area contributed by atoms with Gasteiger partial charge >= 0.3 is 0 Å². The van der Waals surface area contributed by atoms with Gasteiger partial charge in [0.15, 0.2) is 0 Å². The molecule has 1 saturated heterocycles. The van der Waals surface area contributed by atoms with Gasteiger partial charge < -0.3 is 9.64 Å². The van der Waals surface area contributed by atoms with E-state index in [-0.39, 0.29) is 5.91 Å². The molecule has 3 rings (SSSR count). The van der Waals surface area contributed by atoms with Crippen molar-refractivity contribution in [3.63, 3.8) is 0 Å². The van der Waals surface area contributed by atoms with Gasteiger partial charge in [0, 0.05) is 32.0 Å². The standard InChI is InChI=1S/C20H27N3O2/c1-16-12-17(2)23(21-16)15-20(24)22(13-18-6-4-3-5-7-18)14-19-8-10-25-11-9-19/h3-7,12,19H,8-11,13-15H2,1-2H3. The van der Waals surface area contributed by atoms with Crippen molar-refractivity contribution < 1.29 is 9.53 Å². The summed E-state index contributed by atoms with van der Waals surface area (Å²) in [6, 6.07) is 12.2. The molecule has 1 aromatic heterocycles. The van der Waals surface area contributed by atoms with E-state index < -0.39 is 0 Å². The van der Waals surface area contributed by atoms with Crippen LogP contribution in [0.5, 0.6) is 0 Å². The molecule has 5 nitrogen and oxygen atoms in total. The Labute approximate surface area is 149 Å². The molecular weight excluding hydrogens is 314 g/mol. The van der Waals surface area contributed by atoms with Crippen molar-refractivity contribution in [2.45, 2.75) is 39.8 Å². The Hall–Kier alpha value is -2.14. The smallest absolute Gasteiger partial charge is 0.244 e. The van der Waals surface area contributed by atoms with Crippen LogP contribution in [0.15, 0.2) is 36.4 Å². The predicted molar refractivity (Wildman–Crippen MR) is 97.1 cm³/mol. The van der Waals surface area contributed by atoms with Crippen LogP contribution < -0.4 is 0 Å². The molecular formula is C20H27N3O2. The van der Waals surface area contributed by atoms with Gasteiger partial charge in [0.25, 0.3) is 0 Å². The Kier molecular flexibility index (Phi) is 5.87. The summed E-state index contributed by atoms with van der Waals surface area (Å²) < 4.78 is 7.26. The third-order valence-corrected chi connectivity index (χ3v) is 4.78. The number of amides is 1. The number of aromatic nitrogens is 2. The molecule has 0 unspecified atom stereocenters. The highest BCUT2D eigenvalue weighted by molar-refractivity contribution is 5.76. The van der Waals surface area contributed by atoms with E-state index in [2.05, 4.69) is 17.2 Å². The predicted octanol–water partition coefficient (Wildman–Crippen LogP) is 2.96. The van der Waals surface area contributed by atoms with Crippen LogP contribution in [0.1, 0.15) is 29.8 Å². The van der Waals surface area contributed by atoms with Gasteiger partial charge in [-0.3, -0.25) is 9.48 Å². The molecule has 0 saturated carbocycles. The zero-order valence-electron chi connectivity index (χ0n) is 15.1. The highest BCUT2D eigenvalue weighted by Gasteiger charge is 2.22. The van der Waals surface area contributed by atoms with Crippen LogP contribution in [0.25, 0.3) is 0 Å². The van der Waals surface area contributed by atoms with Gasteiger partial charge in [-0.1, -0.05) is 30.3 Å². The lowest BCUT2D eigenvalue weighted by atomic mass is 9.99. The van der Waals surface area contributed by atoms with E-state index in [1.807, 2.05) is 43.0 Å². The Bertz CT molecular complexity index is 690. The van der Waals surface area contributed by atoms with E-state index in [0.717, 1.165) is 49.6 Å². The first-order chi connectivity index (χ1) is 12.1. The molecule has 25 heavy (non-hydrogen) atoms. The maximum Gasteiger partial charge on any atom is 0.244 e. The lowest BCUT2D eigenvalue weighted by Gasteiger charge is -2.30. The molecule has 1 aliphatic rings. The van der Waals surface area contributed by atoms with Crippen LogP contribution in [0.2, 0.25) is 0 Å². The largest absolute Gasteiger partial charge is 0.381 e. The lowest BCUT2D eigenvalue weighted by molar-refractivity contribution is -0.133. The summed E-state index contributed by atoms with van der Waals surface area (Å²) in [7, 11) is 0. The van der Waals surface area contributed by atoms with Crippen molar-refractivity contribution in [3.8, 4) is 0 Å². The van der Waals surface area contributed by atoms with Crippen LogP contribution in [-0.4, -0.2) is 40.3 Å². The number of aryl methyl sites for hydroxylation is 2. The fraction of sp³-hybridized carbons (Fsp3) is 0.500. The molecule has 2 heterocycles. The van der Waals surface area contributed by atoms with Crippen LogP contribution >= 0.6 is 0 Å². The molecule has 0 aliphatic carbocycles. The fourth-order valence-electron chi connectivity index (χ4n) is 3.36. The van der Waals surface area contributed by atoms with E-state index in [4.69, 9.17) is 4.74 Å². The summed E-state index contributed by atoms with van der Waals surface area (Å²) in [6.07, 6.45) is 2.05. The van der Waals surface area contributed by atoms with Crippen LogP contribution in [-0.2, 0) is 22.6 Å². The second-order valence-corrected chi connectivity index (χ2v) is 6.90. The first-order valence-electron chi connectivity index (χ1n) is 9.02. The van der Waals surface area contributed by atoms with Crippen molar-refractivity contribution in [3.05, 3.63) is 53.3 Å². The number of nitrogens with zero attached hydrogens (tertiary/aromatic N) is 3. The summed E-state index contributed by atoms with van der Waals surface area (Å²) in [4.78, 5) is 15.0. The van der Waals surface area contributed by atoms with Crippen molar-refractivity contribution in [2.24, 2.45) is 5.92 Å². The van der Waals surface area contributed by atoms with E-state index >= 15 is 0 Å². The Morgan fingerprint density at radius 1 is 1.24 bits per heavy atom. The van der Waals surface area contributed by atoms with Crippen molar-refractivity contribution in [2.75, 3.05) is 19.8 Å². The zero-order chi connectivity index (χ0) is 17.6. The molecule has 0 N–H and O–H groups in total. The summed E-state index contributed by atoms with van der Waals surface area (Å²) in [5.41, 5.74) is 3.14. The molecule has 1 aliphatic heterocycles. The first-order valence-corrected chi connectivity index (χ1v) is 9.02. The normalized spacial score (nSPS) is 15.3. The SMILES string of the molecule is Cc1cc(C)n(CC(=O)N(Cc2ccccc2)CC2CCOCC2)n1. The van der Waals surface area contributed by atoms with Gasteiger partial charge in [-0.15, -0.1) is 0 Å². The summed E-state index contributed by atoms with van der Waals surface area (Å²) in [5.74, 6) is 0.642. The molecule has 0 atom stereocenters. The first kappa shape index (κ1) is 17.7. The minimum absolute atomic E-state index is 0.126. The number of carbonyl (C=O) groups is 1. The topological polar surface area (TPSA) is 47.4 Å². The molecule has 134 valence electrons. The number of ether oxygens (including phenoxy) is 1.